The van der Waals surface area contributed by atoms with Gasteiger partial charge < -0.3 is 16.2 Å². The molecule has 1 saturated carbocycles. The Labute approximate surface area is 128 Å². The quantitative estimate of drug-likeness (QED) is 0.797. The fraction of sp³-hybridized carbons (Fsp3) is 0.500. The van der Waals surface area contributed by atoms with Gasteiger partial charge in [0.25, 0.3) is 0 Å². The van der Waals surface area contributed by atoms with Crippen LogP contribution in [0.25, 0.3) is 0 Å². The maximum Gasteiger partial charge on any atom is 0.224 e. The average Bonchev–Trinajstić information content (AvgIpc) is 2.82. The molecule has 1 aromatic rings. The maximum atomic E-state index is 12.0. The number of carbonyl (C=O) groups is 1. The highest BCUT2D eigenvalue weighted by Gasteiger charge is 2.30. The topological polar surface area (TPSA) is 75.4 Å². The second-order valence-electron chi connectivity index (χ2n) is 5.13. The van der Waals surface area contributed by atoms with Gasteiger partial charge in [0.2, 0.25) is 5.91 Å². The monoisotopic (exact) mass is 316 g/mol. The first-order valence-electron chi connectivity index (χ1n) is 6.65. The Hall–Kier alpha value is -0.810. The van der Waals surface area contributed by atoms with E-state index < -0.39 is 6.10 Å². The van der Waals surface area contributed by atoms with Crippen LogP contribution in [0, 0.1) is 5.92 Å². The van der Waals surface area contributed by atoms with Gasteiger partial charge in [0.1, 0.15) is 0 Å². The molecular formula is C14H18Cl2N2O2. The van der Waals surface area contributed by atoms with Crippen LogP contribution in [-0.2, 0) is 4.79 Å². The average molecular weight is 317 g/mol. The number of aliphatic hydroxyl groups is 1. The van der Waals surface area contributed by atoms with Crippen molar-refractivity contribution < 1.29 is 9.90 Å². The van der Waals surface area contributed by atoms with Gasteiger partial charge >= 0.3 is 0 Å². The summed E-state index contributed by atoms with van der Waals surface area (Å²) in [5, 5.41) is 13.7. The van der Waals surface area contributed by atoms with E-state index >= 15 is 0 Å². The summed E-state index contributed by atoms with van der Waals surface area (Å²) in [7, 11) is 0. The molecule has 0 aromatic heterocycles. The third kappa shape index (κ3) is 3.64. The van der Waals surface area contributed by atoms with E-state index in [0.717, 1.165) is 19.3 Å². The largest absolute Gasteiger partial charge is 0.387 e. The molecule has 1 aliphatic rings. The molecule has 1 aromatic carbocycles. The molecule has 0 saturated heterocycles. The number of rotatable bonds is 4. The van der Waals surface area contributed by atoms with Crippen LogP contribution in [0.4, 0.5) is 0 Å². The summed E-state index contributed by atoms with van der Waals surface area (Å²) in [5.74, 6) is -0.248. The van der Waals surface area contributed by atoms with Crippen molar-refractivity contribution in [2.24, 2.45) is 11.7 Å². The Balaban J connectivity index is 1.91. The molecule has 0 radical (unpaired) electrons. The van der Waals surface area contributed by atoms with Gasteiger partial charge in [0.15, 0.2) is 0 Å². The van der Waals surface area contributed by atoms with Crippen molar-refractivity contribution in [3.8, 4) is 0 Å². The highest BCUT2D eigenvalue weighted by atomic mass is 35.5. The number of hydrogen-bond donors (Lipinski definition) is 3. The van der Waals surface area contributed by atoms with Crippen molar-refractivity contribution in [3.63, 3.8) is 0 Å². The van der Waals surface area contributed by atoms with Crippen molar-refractivity contribution >= 4 is 29.1 Å². The molecule has 0 spiro atoms. The summed E-state index contributed by atoms with van der Waals surface area (Å²) in [5.41, 5.74) is 6.43. The second kappa shape index (κ2) is 6.76. The Morgan fingerprint density at radius 2 is 2.20 bits per heavy atom. The van der Waals surface area contributed by atoms with Crippen LogP contribution in [0.15, 0.2) is 18.2 Å². The van der Waals surface area contributed by atoms with E-state index in [0.29, 0.717) is 15.6 Å². The number of carbonyl (C=O) groups excluding carboxylic acids is 1. The Morgan fingerprint density at radius 1 is 1.45 bits per heavy atom. The lowest BCUT2D eigenvalue weighted by Crippen LogP contribution is -2.40. The van der Waals surface area contributed by atoms with Gasteiger partial charge in [-0.1, -0.05) is 35.7 Å². The molecule has 0 aliphatic heterocycles. The van der Waals surface area contributed by atoms with Crippen LogP contribution < -0.4 is 11.1 Å². The maximum absolute atomic E-state index is 12.0. The summed E-state index contributed by atoms with van der Waals surface area (Å²) in [6, 6.07) is 4.80. The summed E-state index contributed by atoms with van der Waals surface area (Å²) in [4.78, 5) is 12.0. The van der Waals surface area contributed by atoms with Gasteiger partial charge in [0.05, 0.1) is 12.0 Å². The molecule has 1 amide bonds. The van der Waals surface area contributed by atoms with Gasteiger partial charge in [0, 0.05) is 28.2 Å². The molecule has 1 aliphatic carbocycles. The SMILES string of the molecule is NC1CCCC1C(=O)NCC(O)c1ccc(Cl)cc1Cl. The first-order valence-corrected chi connectivity index (χ1v) is 7.41. The van der Waals surface area contributed by atoms with E-state index in [1.807, 2.05) is 0 Å². The summed E-state index contributed by atoms with van der Waals surface area (Å²) < 4.78 is 0. The molecule has 0 heterocycles. The van der Waals surface area contributed by atoms with Crippen LogP contribution in [0.2, 0.25) is 10.0 Å². The lowest BCUT2D eigenvalue weighted by Gasteiger charge is -2.18. The Bertz CT molecular complexity index is 496. The van der Waals surface area contributed by atoms with Gasteiger partial charge in [-0.3, -0.25) is 4.79 Å². The fourth-order valence-corrected chi connectivity index (χ4v) is 3.06. The smallest absolute Gasteiger partial charge is 0.224 e. The molecule has 6 heteroatoms. The molecule has 4 N–H and O–H groups in total. The number of nitrogens with one attached hydrogen (secondary N) is 1. The number of benzene rings is 1. The van der Waals surface area contributed by atoms with Crippen molar-refractivity contribution in [1.82, 2.24) is 5.32 Å². The van der Waals surface area contributed by atoms with E-state index in [-0.39, 0.29) is 24.4 Å². The fourth-order valence-electron chi connectivity index (χ4n) is 2.52. The summed E-state index contributed by atoms with van der Waals surface area (Å²) in [6.45, 7) is 0.114. The standard InChI is InChI=1S/C14H18Cl2N2O2/c15-8-4-5-9(11(16)6-8)13(19)7-18-14(20)10-2-1-3-12(10)17/h4-6,10,12-13,19H,1-3,7,17H2,(H,18,20). The molecular weight excluding hydrogens is 299 g/mol. The predicted molar refractivity (Wildman–Crippen MR) is 79.7 cm³/mol. The first-order chi connectivity index (χ1) is 9.49. The zero-order valence-electron chi connectivity index (χ0n) is 11.0. The molecule has 4 nitrogen and oxygen atoms in total. The minimum absolute atomic E-state index is 0.0775. The minimum atomic E-state index is -0.860. The molecule has 110 valence electrons. The second-order valence-corrected chi connectivity index (χ2v) is 5.97. The van der Waals surface area contributed by atoms with Crippen LogP contribution >= 0.6 is 23.2 Å². The van der Waals surface area contributed by atoms with E-state index in [9.17, 15) is 9.90 Å². The zero-order chi connectivity index (χ0) is 14.7. The van der Waals surface area contributed by atoms with E-state index in [1.54, 1.807) is 18.2 Å². The van der Waals surface area contributed by atoms with E-state index in [2.05, 4.69) is 5.32 Å². The van der Waals surface area contributed by atoms with Crippen LogP contribution in [0.1, 0.15) is 30.9 Å². The van der Waals surface area contributed by atoms with Crippen molar-refractivity contribution in [3.05, 3.63) is 33.8 Å². The van der Waals surface area contributed by atoms with Crippen LogP contribution in [0.3, 0.4) is 0 Å². The Kier molecular flexibility index (Phi) is 5.27. The van der Waals surface area contributed by atoms with Gasteiger partial charge in [-0.2, -0.15) is 0 Å². The summed E-state index contributed by atoms with van der Waals surface area (Å²) in [6.07, 6.45) is 1.81. The molecule has 20 heavy (non-hydrogen) atoms. The first kappa shape index (κ1) is 15.6. The lowest BCUT2D eigenvalue weighted by molar-refractivity contribution is -0.125. The molecule has 2 rings (SSSR count). The van der Waals surface area contributed by atoms with Crippen LogP contribution in [-0.4, -0.2) is 23.6 Å². The van der Waals surface area contributed by atoms with Crippen molar-refractivity contribution in [2.75, 3.05) is 6.54 Å². The van der Waals surface area contributed by atoms with Gasteiger partial charge in [-0.25, -0.2) is 0 Å². The Morgan fingerprint density at radius 3 is 2.80 bits per heavy atom. The van der Waals surface area contributed by atoms with Crippen molar-refractivity contribution in [2.45, 2.75) is 31.4 Å². The molecule has 1 fully saturated rings. The van der Waals surface area contributed by atoms with Gasteiger partial charge in [-0.05, 0) is 25.0 Å². The predicted octanol–water partition coefficient (Wildman–Crippen LogP) is 2.27. The number of halogens is 2. The van der Waals surface area contributed by atoms with Crippen LogP contribution in [0.5, 0.6) is 0 Å². The van der Waals surface area contributed by atoms with E-state index in [4.69, 9.17) is 28.9 Å². The third-order valence-corrected chi connectivity index (χ3v) is 4.26. The third-order valence-electron chi connectivity index (χ3n) is 3.70. The zero-order valence-corrected chi connectivity index (χ0v) is 12.5. The highest BCUT2D eigenvalue weighted by Crippen LogP contribution is 2.27. The lowest BCUT2D eigenvalue weighted by atomic mass is 10.0. The number of nitrogens with two attached hydrogens (primary N) is 1. The van der Waals surface area contributed by atoms with Gasteiger partial charge in [-0.15, -0.1) is 0 Å². The summed E-state index contributed by atoms with van der Waals surface area (Å²) >= 11 is 11.8. The number of hydrogen-bond acceptors (Lipinski definition) is 3. The normalized spacial score (nSPS) is 23.6. The molecule has 0 bridgehead atoms. The number of amides is 1. The highest BCUT2D eigenvalue weighted by molar-refractivity contribution is 6.35. The molecule has 3 atom stereocenters. The molecule has 3 unspecified atom stereocenters. The van der Waals surface area contributed by atoms with Crippen molar-refractivity contribution in [1.29, 1.82) is 0 Å². The van der Waals surface area contributed by atoms with E-state index in [1.165, 1.54) is 0 Å². The number of aliphatic hydroxyl groups excluding tert-OH is 1. The minimum Gasteiger partial charge on any atom is -0.387 e.